The maximum atomic E-state index is 4.43. The van der Waals surface area contributed by atoms with Crippen LogP contribution in [0.5, 0.6) is 0 Å². The summed E-state index contributed by atoms with van der Waals surface area (Å²) in [5.74, 6) is 0.901. The van der Waals surface area contributed by atoms with Gasteiger partial charge in [-0.1, -0.05) is 46.0 Å². The summed E-state index contributed by atoms with van der Waals surface area (Å²) in [6.45, 7) is 6.14. The third-order valence-electron chi connectivity index (χ3n) is 3.19. The Morgan fingerprint density at radius 3 is 2.50 bits per heavy atom. The van der Waals surface area contributed by atoms with E-state index in [2.05, 4.69) is 24.0 Å². The van der Waals surface area contributed by atoms with Crippen molar-refractivity contribution in [3.05, 3.63) is 29.6 Å². The quantitative estimate of drug-likeness (QED) is 0.711. The normalized spacial score (nSPS) is 16.4. The minimum absolute atomic E-state index is 0.901. The molecule has 0 aliphatic heterocycles. The smallest absolute Gasteiger partial charge is 0.0409 e. The van der Waals surface area contributed by atoms with E-state index in [9.17, 15) is 0 Å². The van der Waals surface area contributed by atoms with Gasteiger partial charge >= 0.3 is 0 Å². The number of rotatable bonds is 2. The fourth-order valence-corrected chi connectivity index (χ4v) is 2.40. The van der Waals surface area contributed by atoms with Crippen LogP contribution in [0.2, 0.25) is 0 Å². The highest BCUT2D eigenvalue weighted by Gasteiger charge is 2.14. The molecule has 0 amide bonds. The lowest BCUT2D eigenvalue weighted by Crippen LogP contribution is -2.10. The lowest BCUT2D eigenvalue weighted by atomic mass is 9.86. The Morgan fingerprint density at radius 2 is 1.88 bits per heavy atom. The first kappa shape index (κ1) is 13.2. The first-order valence-corrected chi connectivity index (χ1v) is 6.76. The predicted molar refractivity (Wildman–Crippen MR) is 70.6 cm³/mol. The van der Waals surface area contributed by atoms with Crippen molar-refractivity contribution in [1.82, 2.24) is 4.98 Å². The van der Waals surface area contributed by atoms with Crippen molar-refractivity contribution in [3.63, 3.8) is 0 Å². The minimum atomic E-state index is 0.901. The molecule has 1 aliphatic rings. The molecule has 0 spiro atoms. The fraction of sp³-hybridized carbons (Fsp3) is 0.667. The summed E-state index contributed by atoms with van der Waals surface area (Å²) in [4.78, 5) is 4.43. The number of hydrogen-bond acceptors (Lipinski definition) is 1. The van der Waals surface area contributed by atoms with Crippen molar-refractivity contribution in [2.75, 3.05) is 0 Å². The molecule has 1 aromatic rings. The molecule has 1 heterocycles. The van der Waals surface area contributed by atoms with Crippen molar-refractivity contribution in [2.45, 2.75) is 59.3 Å². The summed E-state index contributed by atoms with van der Waals surface area (Å²) in [7, 11) is 0. The third-order valence-corrected chi connectivity index (χ3v) is 3.19. The van der Waals surface area contributed by atoms with E-state index >= 15 is 0 Å². The van der Waals surface area contributed by atoms with Crippen LogP contribution in [0.1, 0.15) is 57.2 Å². The standard InChI is InChI=1S/C13H19N.C2H6/c1-11-7-8-14-13(9-11)10-12-5-3-2-4-6-12;1-2/h7-9,12H,2-6,10H2,1H3;1-2H3. The molecular weight excluding hydrogens is 194 g/mol. The molecule has 0 bridgehead atoms. The number of pyridine rings is 1. The molecule has 0 N–H and O–H groups in total. The van der Waals surface area contributed by atoms with Crippen LogP contribution in [0.15, 0.2) is 18.3 Å². The van der Waals surface area contributed by atoms with Crippen molar-refractivity contribution in [2.24, 2.45) is 5.92 Å². The van der Waals surface area contributed by atoms with Crippen LogP contribution >= 0.6 is 0 Å². The van der Waals surface area contributed by atoms with Gasteiger partial charge in [0.15, 0.2) is 0 Å². The first-order valence-electron chi connectivity index (χ1n) is 6.76. The molecule has 0 atom stereocenters. The topological polar surface area (TPSA) is 12.9 Å². The Hall–Kier alpha value is -0.850. The van der Waals surface area contributed by atoms with Gasteiger partial charge in [-0.25, -0.2) is 0 Å². The molecule has 1 heteroatoms. The zero-order chi connectivity index (χ0) is 11.8. The molecule has 0 unspecified atom stereocenters. The Kier molecular flexibility index (Phi) is 6.14. The molecule has 1 nitrogen and oxygen atoms in total. The van der Waals surface area contributed by atoms with Gasteiger partial charge in [0.2, 0.25) is 0 Å². The van der Waals surface area contributed by atoms with Gasteiger partial charge in [0.25, 0.3) is 0 Å². The second-order valence-electron chi connectivity index (χ2n) is 4.53. The van der Waals surface area contributed by atoms with E-state index in [0.29, 0.717) is 0 Å². The van der Waals surface area contributed by atoms with Crippen molar-refractivity contribution >= 4 is 0 Å². The van der Waals surface area contributed by atoms with Crippen molar-refractivity contribution in [1.29, 1.82) is 0 Å². The van der Waals surface area contributed by atoms with E-state index in [1.54, 1.807) is 0 Å². The van der Waals surface area contributed by atoms with Crippen LogP contribution in [-0.2, 0) is 6.42 Å². The van der Waals surface area contributed by atoms with Crippen LogP contribution in [0, 0.1) is 12.8 Å². The number of nitrogens with zero attached hydrogens (tertiary/aromatic N) is 1. The third kappa shape index (κ3) is 4.34. The van der Waals surface area contributed by atoms with Gasteiger partial charge in [-0.15, -0.1) is 0 Å². The van der Waals surface area contributed by atoms with E-state index < -0.39 is 0 Å². The van der Waals surface area contributed by atoms with Crippen molar-refractivity contribution in [3.8, 4) is 0 Å². The van der Waals surface area contributed by atoms with Crippen LogP contribution < -0.4 is 0 Å². The molecule has 16 heavy (non-hydrogen) atoms. The largest absolute Gasteiger partial charge is 0.261 e. The average molecular weight is 219 g/mol. The number of hydrogen-bond donors (Lipinski definition) is 0. The highest BCUT2D eigenvalue weighted by molar-refractivity contribution is 5.14. The molecule has 1 aromatic heterocycles. The van der Waals surface area contributed by atoms with Crippen LogP contribution in [0.25, 0.3) is 0 Å². The Bertz CT molecular complexity index is 287. The summed E-state index contributed by atoms with van der Waals surface area (Å²) in [5, 5.41) is 0. The molecule has 90 valence electrons. The maximum absolute atomic E-state index is 4.43. The molecule has 1 saturated carbocycles. The van der Waals surface area contributed by atoms with E-state index in [0.717, 1.165) is 5.92 Å². The van der Waals surface area contributed by atoms with E-state index in [1.165, 1.54) is 49.8 Å². The monoisotopic (exact) mass is 219 g/mol. The summed E-state index contributed by atoms with van der Waals surface area (Å²) in [5.41, 5.74) is 2.63. The number of aryl methyl sites for hydroxylation is 1. The SMILES string of the molecule is CC.Cc1ccnc(CC2CCCCC2)c1. The molecule has 2 rings (SSSR count). The second kappa shape index (κ2) is 7.43. The number of aromatic nitrogens is 1. The fourth-order valence-electron chi connectivity index (χ4n) is 2.40. The highest BCUT2D eigenvalue weighted by Crippen LogP contribution is 2.26. The lowest BCUT2D eigenvalue weighted by molar-refractivity contribution is 0.354. The maximum Gasteiger partial charge on any atom is 0.0409 e. The zero-order valence-electron chi connectivity index (χ0n) is 11.0. The molecule has 0 radical (unpaired) electrons. The Labute approximate surface area is 100 Å². The Morgan fingerprint density at radius 1 is 1.19 bits per heavy atom. The summed E-state index contributed by atoms with van der Waals surface area (Å²) in [6, 6.07) is 4.30. The molecule has 0 aromatic carbocycles. The van der Waals surface area contributed by atoms with Gasteiger partial charge in [0, 0.05) is 11.9 Å². The lowest BCUT2D eigenvalue weighted by Gasteiger charge is -2.20. The minimum Gasteiger partial charge on any atom is -0.261 e. The summed E-state index contributed by atoms with van der Waals surface area (Å²) in [6.07, 6.45) is 10.3. The average Bonchev–Trinajstić information content (AvgIpc) is 2.33. The zero-order valence-corrected chi connectivity index (χ0v) is 11.0. The summed E-state index contributed by atoms with van der Waals surface area (Å²) < 4.78 is 0. The Balaban J connectivity index is 0.000000606. The molecular formula is C15H25N. The molecule has 1 fully saturated rings. The molecule has 1 aliphatic carbocycles. The van der Waals surface area contributed by atoms with Crippen molar-refractivity contribution < 1.29 is 0 Å². The van der Waals surface area contributed by atoms with Gasteiger partial charge in [0.05, 0.1) is 0 Å². The first-order chi connectivity index (χ1) is 7.84. The van der Waals surface area contributed by atoms with Crippen LogP contribution in [0.4, 0.5) is 0 Å². The van der Waals surface area contributed by atoms with E-state index in [1.807, 2.05) is 20.0 Å². The second-order valence-corrected chi connectivity index (χ2v) is 4.53. The molecule has 0 saturated heterocycles. The van der Waals surface area contributed by atoms with Gasteiger partial charge in [-0.2, -0.15) is 0 Å². The van der Waals surface area contributed by atoms with E-state index in [-0.39, 0.29) is 0 Å². The van der Waals surface area contributed by atoms with Gasteiger partial charge < -0.3 is 0 Å². The van der Waals surface area contributed by atoms with Gasteiger partial charge in [-0.05, 0) is 37.0 Å². The predicted octanol–water partition coefficient (Wildman–Crippen LogP) is 4.54. The van der Waals surface area contributed by atoms with Gasteiger partial charge in [-0.3, -0.25) is 4.98 Å². The van der Waals surface area contributed by atoms with Gasteiger partial charge in [0.1, 0.15) is 0 Å². The van der Waals surface area contributed by atoms with Crippen LogP contribution in [-0.4, -0.2) is 4.98 Å². The highest BCUT2D eigenvalue weighted by atomic mass is 14.7. The summed E-state index contributed by atoms with van der Waals surface area (Å²) >= 11 is 0. The van der Waals surface area contributed by atoms with Crippen LogP contribution in [0.3, 0.4) is 0 Å². The van der Waals surface area contributed by atoms with E-state index in [4.69, 9.17) is 0 Å².